The normalized spacial score (nSPS) is 10.6. The van der Waals surface area contributed by atoms with Gasteiger partial charge in [0.1, 0.15) is 0 Å². The first-order valence-corrected chi connectivity index (χ1v) is 16.7. The number of carboxylic acids is 1. The number of benzene rings is 1. The maximum Gasteiger partial charge on any atom is 2.00 e. The van der Waals surface area contributed by atoms with Gasteiger partial charge in [0.2, 0.25) is 0 Å². The monoisotopic (exact) mass is 918 g/mol. The molecule has 0 saturated carbocycles. The molecule has 0 spiro atoms. The number of carboxylic acid groups (broad SMARTS) is 1. The van der Waals surface area contributed by atoms with E-state index in [0.717, 1.165) is 29.3 Å². The van der Waals surface area contributed by atoms with Gasteiger partial charge in [0.25, 0.3) is 0 Å². The van der Waals surface area contributed by atoms with E-state index in [2.05, 4.69) is 45.9 Å². The van der Waals surface area contributed by atoms with Crippen molar-refractivity contribution in [3.63, 3.8) is 0 Å². The van der Waals surface area contributed by atoms with E-state index in [4.69, 9.17) is 18.6 Å². The minimum atomic E-state index is -4.94. The number of halogens is 2. The fraction of sp³-hybridized carbons (Fsp3) is 0.147. The number of rotatable bonds is 8. The fourth-order valence-electron chi connectivity index (χ4n) is 3.62. The molecular weight excluding hydrogens is 888 g/mol. The van der Waals surface area contributed by atoms with Crippen molar-refractivity contribution in [2.45, 2.75) is 6.42 Å². The smallest absolute Gasteiger partial charge is 0.858 e. The summed E-state index contributed by atoms with van der Waals surface area (Å²) in [6.07, 6.45) is 7.71. The van der Waals surface area contributed by atoms with Gasteiger partial charge in [-0.25, -0.2) is 18.6 Å². The Bertz CT molecular complexity index is 1660. The van der Waals surface area contributed by atoms with Crippen molar-refractivity contribution >= 4 is 39.4 Å². The Morgan fingerprint density at radius 1 is 0.704 bits per heavy atom. The number of carbonyl (C=O) groups is 1. The number of aromatic carboxylic acids is 1. The third-order valence-electron chi connectivity index (χ3n) is 5.79. The number of hydrogen-bond acceptors (Lipinski definition) is 15. The van der Waals surface area contributed by atoms with Gasteiger partial charge in [-0.15, -0.1) is 10.2 Å². The van der Waals surface area contributed by atoms with Crippen molar-refractivity contribution in [1.29, 1.82) is 0 Å². The predicted octanol–water partition coefficient (Wildman–Crippen LogP) is -2.39. The number of nitrogens with zero attached hydrogens (tertiary/aromatic N) is 7. The van der Waals surface area contributed by atoms with E-state index in [1.165, 1.54) is 18.2 Å². The molecule has 5 aromatic rings. The molecule has 0 fully saturated rings. The standard InChI is InChI=1S/C14H18BrN3O4.2C10H8N2.ClHO4.Cu.Ni.H2O/c1-18(2)7-3-6-16-12(19)13(20)17-11-5-4-9(15)8-10(11)14(21)22;2*1-3-7-11-9(5-1)10-6-2-4-8-12-10;2-1(3,4)5;;;/h4-5,8H,3,6-7H2,1-2H3,(H,16,19)(H,17,20)(H,21,22);2*1-8H;(H,2,3,4,5);;;1H2/q;;;;2*+2;/p-4. The first-order chi connectivity index (χ1) is 24.2. The molecule has 5 rings (SSSR count). The summed E-state index contributed by atoms with van der Waals surface area (Å²) in [4.78, 5) is 36.8. The van der Waals surface area contributed by atoms with Gasteiger partial charge in [-0.3, -0.25) is 24.9 Å². The van der Waals surface area contributed by atoms with Crippen molar-refractivity contribution in [1.82, 2.24) is 24.8 Å². The van der Waals surface area contributed by atoms with E-state index in [1.807, 2.05) is 91.8 Å². The second-order valence-electron chi connectivity index (χ2n) is 9.95. The largest absolute Gasteiger partial charge is 2.00 e. The molecule has 20 heteroatoms. The Balaban J connectivity index is 0. The third kappa shape index (κ3) is 22.8. The summed E-state index contributed by atoms with van der Waals surface area (Å²) in [5, 5.41) is 34.2. The van der Waals surface area contributed by atoms with Crippen LogP contribution in [0.4, 0.5) is 5.69 Å². The molecule has 4 heterocycles. The summed E-state index contributed by atoms with van der Waals surface area (Å²) >= 11 is 3.11. The molecule has 1 radical (unpaired) electrons. The van der Waals surface area contributed by atoms with Gasteiger partial charge >= 0.3 is 33.6 Å². The number of aromatic nitrogens is 4. The van der Waals surface area contributed by atoms with Gasteiger partial charge in [-0.05, 0) is 106 Å². The molecule has 16 nitrogen and oxygen atoms in total. The van der Waals surface area contributed by atoms with Crippen LogP contribution in [-0.4, -0.2) is 75.3 Å². The van der Waals surface area contributed by atoms with Crippen molar-refractivity contribution in [2.24, 2.45) is 9.98 Å². The Kier molecular flexibility index (Phi) is 27.1. The van der Waals surface area contributed by atoms with Gasteiger partial charge < -0.3 is 35.5 Å². The number of hydrogen-bond donors (Lipinski definition) is 0. The zero-order valence-corrected chi connectivity index (χ0v) is 32.6. The molecular formula is C34H33BrClCuN7NiO9. The van der Waals surface area contributed by atoms with Gasteiger partial charge in [0.05, 0.1) is 34.4 Å². The van der Waals surface area contributed by atoms with Crippen molar-refractivity contribution in [2.75, 3.05) is 27.2 Å². The van der Waals surface area contributed by atoms with Gasteiger partial charge in [0, 0.05) is 41.4 Å². The topological polar surface area (TPSA) is 290 Å². The molecule has 293 valence electrons. The summed E-state index contributed by atoms with van der Waals surface area (Å²) in [6, 6.07) is 27.3. The van der Waals surface area contributed by atoms with Crippen LogP contribution in [0.2, 0.25) is 0 Å². The Hall–Kier alpha value is -4.23. The summed E-state index contributed by atoms with van der Waals surface area (Å²) in [7, 11) is -1.17. The van der Waals surface area contributed by atoms with Crippen LogP contribution in [0.3, 0.4) is 0 Å². The fourth-order valence-corrected chi connectivity index (χ4v) is 3.98. The quantitative estimate of drug-likeness (QED) is 0.0681. The van der Waals surface area contributed by atoms with Crippen LogP contribution in [0.15, 0.2) is 130 Å². The zero-order valence-electron chi connectivity index (χ0n) is 28.4. The van der Waals surface area contributed by atoms with E-state index in [-0.39, 0.29) is 56.8 Å². The van der Waals surface area contributed by atoms with Crippen molar-refractivity contribution in [3.8, 4) is 22.8 Å². The molecule has 0 aliphatic heterocycles. The van der Waals surface area contributed by atoms with Crippen LogP contribution in [0.1, 0.15) is 16.8 Å². The van der Waals surface area contributed by atoms with Crippen LogP contribution >= 0.6 is 15.9 Å². The van der Waals surface area contributed by atoms with E-state index in [1.54, 1.807) is 24.8 Å². The summed E-state index contributed by atoms with van der Waals surface area (Å²) in [5.41, 5.74) is 3.25. The van der Waals surface area contributed by atoms with Crippen LogP contribution in [0, 0.1) is 10.2 Å². The molecule has 0 unspecified atom stereocenters. The maximum atomic E-state index is 11.7. The van der Waals surface area contributed by atoms with Crippen molar-refractivity contribution in [3.05, 3.63) is 126 Å². The Morgan fingerprint density at radius 3 is 1.41 bits per heavy atom. The molecule has 54 heavy (non-hydrogen) atoms. The van der Waals surface area contributed by atoms with Gasteiger partial charge in [-0.2, -0.15) is 0 Å². The minimum Gasteiger partial charge on any atom is -0.858 e. The van der Waals surface area contributed by atoms with E-state index < -0.39 is 28.0 Å². The van der Waals surface area contributed by atoms with E-state index in [0.29, 0.717) is 10.9 Å². The molecule has 0 atom stereocenters. The Labute approximate surface area is 342 Å². The van der Waals surface area contributed by atoms with Crippen molar-refractivity contribution < 1.29 is 88.0 Å². The number of aliphatic imine (C=N–C) groups is 2. The van der Waals surface area contributed by atoms with Crippen LogP contribution < -0.4 is 34.0 Å². The van der Waals surface area contributed by atoms with Gasteiger partial charge in [0.15, 0.2) is 0 Å². The molecule has 0 aliphatic rings. The zero-order chi connectivity index (χ0) is 37.6. The second kappa shape index (κ2) is 28.2. The number of carbonyl (C=O) groups excluding carboxylic acids is 1. The predicted molar refractivity (Wildman–Crippen MR) is 180 cm³/mol. The summed E-state index contributed by atoms with van der Waals surface area (Å²) < 4.78 is 34.5. The Morgan fingerprint density at radius 2 is 1.09 bits per heavy atom. The summed E-state index contributed by atoms with van der Waals surface area (Å²) in [6.45, 7) is 0.954. The van der Waals surface area contributed by atoms with Crippen LogP contribution in [-0.2, 0) is 33.6 Å². The first-order valence-electron chi connectivity index (χ1n) is 14.6. The third-order valence-corrected chi connectivity index (χ3v) is 6.28. The minimum absolute atomic E-state index is 0. The molecule has 1 aromatic carbocycles. The average molecular weight is 921 g/mol. The van der Waals surface area contributed by atoms with Gasteiger partial charge in [-0.1, -0.05) is 40.2 Å². The second-order valence-corrected chi connectivity index (χ2v) is 11.6. The van der Waals surface area contributed by atoms with E-state index in [9.17, 15) is 20.1 Å². The molecule has 0 bridgehead atoms. The molecule has 2 N–H and O–H groups in total. The maximum absolute atomic E-state index is 11.7. The molecule has 4 aromatic heterocycles. The summed E-state index contributed by atoms with van der Waals surface area (Å²) in [5.74, 6) is -3.58. The average Bonchev–Trinajstić information content (AvgIpc) is 3.12. The molecule has 0 amide bonds. The van der Waals surface area contributed by atoms with E-state index >= 15 is 0 Å². The molecule has 0 aliphatic carbocycles. The van der Waals surface area contributed by atoms with Crippen LogP contribution in [0.25, 0.3) is 22.8 Å². The van der Waals surface area contributed by atoms with Crippen LogP contribution in [0.5, 0.6) is 0 Å². The number of pyridine rings is 4. The first kappa shape index (κ1) is 51.9. The SMILES string of the molecule is CN(C)CCCN=C([O-])C([O-])=Nc1ccc(Br)cc1C(=O)[O-].O.[Cu+2].[Ni+2].[O-][Cl+3]([O-])([O-])[O-].c1ccc(-c2ccccn2)nc1.c1ccc(-c2ccccn2)nc1. The molecule has 0 saturated heterocycles.